The number of carbonyl (C=O) groups is 2. The minimum atomic E-state index is -4.48. The lowest BCUT2D eigenvalue weighted by molar-refractivity contribution is -0.142. The molecule has 1 heterocycles. The van der Waals surface area contributed by atoms with Crippen LogP contribution in [-0.4, -0.2) is 51.9 Å². The van der Waals surface area contributed by atoms with Crippen LogP contribution in [0, 0.1) is 0 Å². The molecule has 0 aliphatic carbocycles. The lowest BCUT2D eigenvalue weighted by atomic mass is 9.77. The third-order valence-electron chi connectivity index (χ3n) is 6.28. The molecule has 0 radical (unpaired) electrons. The largest absolute Gasteiger partial charge is 0.465 e. The molecule has 4 rings (SSSR count). The highest BCUT2D eigenvalue weighted by molar-refractivity contribution is 7.51. The van der Waals surface area contributed by atoms with E-state index in [-0.39, 0.29) is 13.2 Å². The predicted octanol–water partition coefficient (Wildman–Crippen LogP) is 3.55. The lowest BCUT2D eigenvalue weighted by Crippen LogP contribution is -2.68. The summed E-state index contributed by atoms with van der Waals surface area (Å²) in [6.45, 7) is 1.49. The van der Waals surface area contributed by atoms with Gasteiger partial charge in [-0.2, -0.15) is 0 Å². The predicted molar refractivity (Wildman–Crippen MR) is 134 cm³/mol. The Morgan fingerprint density at radius 3 is 1.78 bits per heavy atom. The van der Waals surface area contributed by atoms with Gasteiger partial charge in [-0.3, -0.25) is 14.6 Å². The Bertz CT molecular complexity index is 1150. The molecule has 0 spiro atoms. The van der Waals surface area contributed by atoms with Crippen LogP contribution >= 0.6 is 7.75 Å². The van der Waals surface area contributed by atoms with Gasteiger partial charge in [0.25, 0.3) is 5.91 Å². The van der Waals surface area contributed by atoms with Crippen LogP contribution in [0.25, 0.3) is 0 Å². The Hall–Kier alpha value is -3.49. The molecule has 36 heavy (non-hydrogen) atoms. The summed E-state index contributed by atoms with van der Waals surface area (Å²) in [5, 5.41) is 14.4. The van der Waals surface area contributed by atoms with Crippen molar-refractivity contribution < 1.29 is 28.7 Å². The van der Waals surface area contributed by atoms with Gasteiger partial charge in [0.05, 0.1) is 18.2 Å². The maximum absolute atomic E-state index is 12.8. The first kappa shape index (κ1) is 25.6. The first-order chi connectivity index (χ1) is 17.3. The molecular weight excluding hydrogens is 481 g/mol. The Morgan fingerprint density at radius 1 is 0.944 bits per heavy atom. The van der Waals surface area contributed by atoms with Crippen molar-refractivity contribution in [1.29, 1.82) is 0 Å². The molecule has 1 aliphatic rings. The van der Waals surface area contributed by atoms with E-state index in [9.17, 15) is 19.0 Å². The second kappa shape index (κ2) is 10.6. The molecule has 0 saturated carbocycles. The fourth-order valence-corrected chi connectivity index (χ4v) is 6.04. The molecule has 3 aromatic carbocycles. The smallest absolute Gasteiger partial charge is 0.435 e. The van der Waals surface area contributed by atoms with Crippen molar-refractivity contribution in [2.24, 2.45) is 0 Å². The Labute approximate surface area is 209 Å². The number of rotatable bonds is 10. The summed E-state index contributed by atoms with van der Waals surface area (Å²) < 4.78 is 18.8. The minimum Gasteiger partial charge on any atom is -0.465 e. The van der Waals surface area contributed by atoms with Gasteiger partial charge in [-0.05, 0) is 23.6 Å². The van der Waals surface area contributed by atoms with Gasteiger partial charge in [0.1, 0.15) is 6.04 Å². The topological polar surface area (TPSA) is 128 Å². The molecule has 3 aromatic rings. The number of amides is 2. The normalized spacial score (nSPS) is 19.3. The monoisotopic (exact) mass is 509 g/mol. The molecule has 1 fully saturated rings. The molecule has 9 nitrogen and oxygen atoms in total. The van der Waals surface area contributed by atoms with Crippen molar-refractivity contribution in [3.8, 4) is 0 Å². The second-order valence-electron chi connectivity index (χ2n) is 8.45. The molecule has 2 unspecified atom stereocenters. The van der Waals surface area contributed by atoms with Crippen LogP contribution in [0.1, 0.15) is 23.6 Å². The van der Waals surface area contributed by atoms with Crippen molar-refractivity contribution in [2.45, 2.75) is 24.5 Å². The third kappa shape index (κ3) is 4.92. The van der Waals surface area contributed by atoms with E-state index in [0.29, 0.717) is 4.67 Å². The van der Waals surface area contributed by atoms with Crippen molar-refractivity contribution in [3.63, 3.8) is 0 Å². The molecule has 188 valence electrons. The number of hydrogen-bond acceptors (Lipinski definition) is 5. The second-order valence-corrected chi connectivity index (χ2v) is 10.1. The highest BCUT2D eigenvalue weighted by atomic mass is 31.2. The zero-order chi connectivity index (χ0) is 25.8. The molecule has 3 atom stereocenters. The molecule has 1 aliphatic heterocycles. The number of β-lactam (4-membered cyclic amide) rings is 1. The molecular formula is C26H28N3O6P. The number of carboxylic acid groups (broad SMARTS) is 1. The van der Waals surface area contributed by atoms with Gasteiger partial charge < -0.3 is 15.3 Å². The average Bonchev–Trinajstić information content (AvgIpc) is 2.89. The number of benzene rings is 3. The number of hydrogen-bond donors (Lipinski definition) is 4. The van der Waals surface area contributed by atoms with Crippen LogP contribution in [0.15, 0.2) is 91.0 Å². The number of carbonyl (C=O) groups excluding carboxylic acids is 1. The zero-order valence-electron chi connectivity index (χ0n) is 19.7. The minimum absolute atomic E-state index is 0.171. The Morgan fingerprint density at radius 2 is 1.39 bits per heavy atom. The summed E-state index contributed by atoms with van der Waals surface area (Å²) in [5.41, 5.74) is 2.15. The van der Waals surface area contributed by atoms with Crippen LogP contribution in [0.3, 0.4) is 0 Å². The molecule has 1 saturated heterocycles. The maximum atomic E-state index is 12.8. The summed E-state index contributed by atoms with van der Waals surface area (Å²) in [6.07, 6.45) is -1.38. The Balaban J connectivity index is 1.55. The molecule has 0 aromatic heterocycles. The fourth-order valence-electron chi connectivity index (χ4n) is 4.61. The van der Waals surface area contributed by atoms with E-state index in [1.54, 1.807) is 0 Å². The van der Waals surface area contributed by atoms with Gasteiger partial charge in [0, 0.05) is 6.54 Å². The van der Waals surface area contributed by atoms with Gasteiger partial charge in [-0.15, -0.1) is 0 Å². The van der Waals surface area contributed by atoms with E-state index in [1.807, 2.05) is 96.3 Å². The fraction of sp³-hybridized carbons (Fsp3) is 0.231. The van der Waals surface area contributed by atoms with Gasteiger partial charge in [-0.1, -0.05) is 91.0 Å². The zero-order valence-corrected chi connectivity index (χ0v) is 20.5. The van der Waals surface area contributed by atoms with Gasteiger partial charge >= 0.3 is 13.8 Å². The van der Waals surface area contributed by atoms with E-state index in [1.165, 1.54) is 6.92 Å². The number of nitrogens with one attached hydrogen (secondary N) is 2. The van der Waals surface area contributed by atoms with E-state index in [4.69, 9.17) is 9.63 Å². The van der Waals surface area contributed by atoms with Crippen molar-refractivity contribution in [2.75, 3.05) is 13.2 Å². The van der Waals surface area contributed by atoms with Crippen LogP contribution in [0.4, 0.5) is 4.79 Å². The summed E-state index contributed by atoms with van der Waals surface area (Å²) in [6, 6.07) is 27.7. The Kier molecular flexibility index (Phi) is 7.56. The summed E-state index contributed by atoms with van der Waals surface area (Å²) in [5.74, 6) is -0.795. The first-order valence-corrected chi connectivity index (χ1v) is 13.0. The van der Waals surface area contributed by atoms with Gasteiger partial charge in [-0.25, -0.2) is 14.0 Å². The van der Waals surface area contributed by atoms with Crippen LogP contribution < -0.4 is 10.6 Å². The van der Waals surface area contributed by atoms with E-state index < -0.39 is 37.4 Å². The highest BCUT2D eigenvalue weighted by Crippen LogP contribution is 2.52. The van der Waals surface area contributed by atoms with Gasteiger partial charge in [0.15, 0.2) is 0 Å². The number of nitrogens with zero attached hydrogens (tertiary/aromatic N) is 1. The molecule has 10 heteroatoms. The van der Waals surface area contributed by atoms with Crippen LogP contribution in [0.5, 0.6) is 0 Å². The van der Waals surface area contributed by atoms with Crippen molar-refractivity contribution in [1.82, 2.24) is 15.3 Å². The van der Waals surface area contributed by atoms with Crippen LogP contribution in [0.2, 0.25) is 0 Å². The van der Waals surface area contributed by atoms with E-state index >= 15 is 0 Å². The first-order valence-electron chi connectivity index (χ1n) is 11.5. The quantitative estimate of drug-likeness (QED) is 0.142. The SMILES string of the molecule is C[C@H]1C(NC(=O)O)C(=O)N1P(=O)(O)OCCNC(c1ccccc1)(c1ccccc1)c1ccccc1. The lowest BCUT2D eigenvalue weighted by Gasteiger charge is -2.45. The third-order valence-corrected chi connectivity index (χ3v) is 7.91. The van der Waals surface area contributed by atoms with E-state index in [2.05, 4.69) is 5.32 Å². The van der Waals surface area contributed by atoms with Crippen molar-refractivity contribution in [3.05, 3.63) is 108 Å². The van der Waals surface area contributed by atoms with E-state index in [0.717, 1.165) is 16.7 Å². The average molecular weight is 509 g/mol. The maximum Gasteiger partial charge on any atom is 0.435 e. The van der Waals surface area contributed by atoms with Gasteiger partial charge in [0.2, 0.25) is 0 Å². The standard InChI is InChI=1S/C26H28N3O6P/c1-19-23(28-25(31)32)24(30)29(19)36(33,34)35-18-17-27-26(20-11-5-2-6-12-20,21-13-7-3-8-14-21)22-15-9-4-10-16-22/h2-16,19,23,27-28H,17-18H2,1H3,(H,31,32)(H,33,34)/t19-,23?/m0/s1. The molecule has 2 amide bonds. The van der Waals surface area contributed by atoms with Crippen LogP contribution in [-0.2, 0) is 19.4 Å². The summed E-state index contributed by atoms with van der Waals surface area (Å²) >= 11 is 0. The molecule has 4 N–H and O–H groups in total. The van der Waals surface area contributed by atoms with Crippen molar-refractivity contribution >= 4 is 19.7 Å². The highest BCUT2D eigenvalue weighted by Gasteiger charge is 2.54. The summed E-state index contributed by atoms with van der Waals surface area (Å²) in [7, 11) is -4.48. The summed E-state index contributed by atoms with van der Waals surface area (Å²) in [4.78, 5) is 33.6. The molecule has 0 bridgehead atoms.